The van der Waals surface area contributed by atoms with E-state index in [1.54, 1.807) is 14.1 Å². The van der Waals surface area contributed by atoms with Crippen molar-refractivity contribution in [2.24, 2.45) is 5.92 Å². The molecule has 1 saturated carbocycles. The van der Waals surface area contributed by atoms with E-state index in [-0.39, 0.29) is 11.8 Å². The van der Waals surface area contributed by atoms with Crippen molar-refractivity contribution in [2.75, 3.05) is 40.3 Å². The van der Waals surface area contributed by atoms with Gasteiger partial charge in [-0.3, -0.25) is 4.79 Å². The minimum Gasteiger partial charge on any atom is -0.341 e. The van der Waals surface area contributed by atoms with Gasteiger partial charge in [-0.25, -0.2) is 0 Å². The van der Waals surface area contributed by atoms with Crippen LogP contribution in [0.4, 0.5) is 0 Å². The van der Waals surface area contributed by atoms with E-state index in [0.717, 1.165) is 25.7 Å². The second-order valence-corrected chi connectivity index (χ2v) is 7.99. The summed E-state index contributed by atoms with van der Waals surface area (Å²) in [5.74, 6) is 0.401. The molecule has 20 heavy (non-hydrogen) atoms. The normalized spacial score (nSPS) is 23.2. The van der Waals surface area contributed by atoms with Crippen molar-refractivity contribution in [1.82, 2.24) is 13.5 Å². The van der Waals surface area contributed by atoms with E-state index in [2.05, 4.69) is 0 Å². The van der Waals surface area contributed by atoms with E-state index in [1.807, 2.05) is 4.90 Å². The van der Waals surface area contributed by atoms with Crippen LogP contribution in [0.25, 0.3) is 0 Å². The van der Waals surface area contributed by atoms with Gasteiger partial charge in [0, 0.05) is 46.2 Å². The lowest BCUT2D eigenvalue weighted by Gasteiger charge is -2.25. The van der Waals surface area contributed by atoms with Crippen molar-refractivity contribution in [2.45, 2.75) is 32.1 Å². The average molecular weight is 303 g/mol. The summed E-state index contributed by atoms with van der Waals surface area (Å²) < 4.78 is 27.0. The van der Waals surface area contributed by atoms with Crippen LogP contribution >= 0.6 is 0 Å². The first kappa shape index (κ1) is 15.7. The fourth-order valence-electron chi connectivity index (χ4n) is 3.01. The Morgan fingerprint density at radius 1 is 1.00 bits per heavy atom. The van der Waals surface area contributed by atoms with Gasteiger partial charge in [0.2, 0.25) is 5.91 Å². The molecule has 0 aromatic carbocycles. The Hall–Kier alpha value is -0.660. The van der Waals surface area contributed by atoms with Gasteiger partial charge in [-0.2, -0.15) is 17.0 Å². The summed E-state index contributed by atoms with van der Waals surface area (Å²) in [6.45, 7) is 2.09. The number of carbonyl (C=O) groups excluding carboxylic acids is 1. The summed E-state index contributed by atoms with van der Waals surface area (Å²) in [5, 5.41) is 0. The van der Waals surface area contributed by atoms with E-state index in [9.17, 15) is 13.2 Å². The minimum absolute atomic E-state index is 0.173. The SMILES string of the molecule is CN(C)S(=O)(=O)N1CCCN(C(=O)C2CCCC2)CC1. The molecule has 2 fully saturated rings. The number of hydrogen-bond donors (Lipinski definition) is 0. The zero-order chi connectivity index (χ0) is 14.8. The molecule has 1 saturated heterocycles. The third-order valence-electron chi connectivity index (χ3n) is 4.26. The molecular weight excluding hydrogens is 278 g/mol. The highest BCUT2D eigenvalue weighted by molar-refractivity contribution is 7.86. The molecule has 0 spiro atoms. The van der Waals surface area contributed by atoms with E-state index in [0.29, 0.717) is 32.6 Å². The summed E-state index contributed by atoms with van der Waals surface area (Å²) in [6, 6.07) is 0. The maximum atomic E-state index is 12.4. The molecule has 0 bridgehead atoms. The van der Waals surface area contributed by atoms with E-state index in [4.69, 9.17) is 0 Å². The second kappa shape index (κ2) is 6.41. The molecule has 116 valence electrons. The molecule has 2 aliphatic rings. The maximum absolute atomic E-state index is 12.4. The second-order valence-electron chi connectivity index (χ2n) is 5.85. The summed E-state index contributed by atoms with van der Waals surface area (Å²) in [4.78, 5) is 14.3. The van der Waals surface area contributed by atoms with Crippen LogP contribution in [0.5, 0.6) is 0 Å². The van der Waals surface area contributed by atoms with Gasteiger partial charge >= 0.3 is 0 Å². The van der Waals surface area contributed by atoms with Gasteiger partial charge < -0.3 is 4.90 Å². The Bertz CT molecular complexity index is 444. The Kier molecular flexibility index (Phi) is 5.04. The number of hydrogen-bond acceptors (Lipinski definition) is 3. The Morgan fingerprint density at radius 2 is 1.65 bits per heavy atom. The first-order valence-electron chi connectivity index (χ1n) is 7.39. The van der Waals surface area contributed by atoms with Crippen molar-refractivity contribution in [3.05, 3.63) is 0 Å². The van der Waals surface area contributed by atoms with Crippen molar-refractivity contribution >= 4 is 16.1 Å². The molecule has 1 aliphatic carbocycles. The van der Waals surface area contributed by atoms with Crippen molar-refractivity contribution in [3.8, 4) is 0 Å². The highest BCUT2D eigenvalue weighted by atomic mass is 32.2. The van der Waals surface area contributed by atoms with Gasteiger partial charge in [0.15, 0.2) is 0 Å². The fourth-order valence-corrected chi connectivity index (χ4v) is 4.14. The summed E-state index contributed by atoms with van der Waals surface area (Å²) in [7, 11) is -0.276. The van der Waals surface area contributed by atoms with E-state index < -0.39 is 10.2 Å². The van der Waals surface area contributed by atoms with Gasteiger partial charge in [0.05, 0.1) is 0 Å². The standard InChI is InChI=1S/C13H25N3O3S/c1-14(2)20(18,19)16-9-5-8-15(10-11-16)13(17)12-6-3-4-7-12/h12H,3-11H2,1-2H3. The first-order chi connectivity index (χ1) is 9.43. The van der Waals surface area contributed by atoms with E-state index in [1.165, 1.54) is 8.61 Å². The zero-order valence-electron chi connectivity index (χ0n) is 12.4. The highest BCUT2D eigenvalue weighted by Crippen LogP contribution is 2.27. The molecular formula is C13H25N3O3S. The van der Waals surface area contributed by atoms with Gasteiger partial charge in [0.25, 0.3) is 10.2 Å². The minimum atomic E-state index is -3.36. The molecule has 0 radical (unpaired) electrons. The van der Waals surface area contributed by atoms with Crippen LogP contribution in [-0.4, -0.2) is 68.1 Å². The van der Waals surface area contributed by atoms with Crippen LogP contribution in [-0.2, 0) is 15.0 Å². The van der Waals surface area contributed by atoms with Crippen LogP contribution in [0, 0.1) is 5.92 Å². The summed E-state index contributed by atoms with van der Waals surface area (Å²) in [6.07, 6.45) is 4.99. The summed E-state index contributed by atoms with van der Waals surface area (Å²) in [5.41, 5.74) is 0. The largest absolute Gasteiger partial charge is 0.341 e. The van der Waals surface area contributed by atoms with Crippen LogP contribution in [0.3, 0.4) is 0 Å². The Labute approximate surface area is 121 Å². The number of amides is 1. The maximum Gasteiger partial charge on any atom is 0.281 e. The van der Waals surface area contributed by atoms with Crippen molar-refractivity contribution in [3.63, 3.8) is 0 Å². The predicted octanol–water partition coefficient (Wildman–Crippen LogP) is 0.517. The topological polar surface area (TPSA) is 60.9 Å². The molecule has 7 heteroatoms. The molecule has 0 unspecified atom stereocenters. The number of carbonyl (C=O) groups is 1. The average Bonchev–Trinajstić information content (AvgIpc) is 2.81. The number of nitrogens with zero attached hydrogens (tertiary/aromatic N) is 3. The molecule has 0 aromatic rings. The van der Waals surface area contributed by atoms with Gasteiger partial charge in [-0.15, -0.1) is 0 Å². The van der Waals surface area contributed by atoms with E-state index >= 15 is 0 Å². The summed E-state index contributed by atoms with van der Waals surface area (Å²) >= 11 is 0. The molecule has 1 heterocycles. The highest BCUT2D eigenvalue weighted by Gasteiger charge is 2.31. The molecule has 1 amide bonds. The van der Waals surface area contributed by atoms with Crippen molar-refractivity contribution in [1.29, 1.82) is 0 Å². The third kappa shape index (κ3) is 3.32. The lowest BCUT2D eigenvalue weighted by Crippen LogP contribution is -2.43. The smallest absolute Gasteiger partial charge is 0.281 e. The Balaban J connectivity index is 1.97. The molecule has 0 N–H and O–H groups in total. The van der Waals surface area contributed by atoms with Crippen LogP contribution < -0.4 is 0 Å². The van der Waals surface area contributed by atoms with Crippen molar-refractivity contribution < 1.29 is 13.2 Å². The number of rotatable bonds is 3. The van der Waals surface area contributed by atoms with Crippen LogP contribution in [0.2, 0.25) is 0 Å². The molecule has 0 aromatic heterocycles. The molecule has 2 rings (SSSR count). The monoisotopic (exact) mass is 303 g/mol. The Morgan fingerprint density at radius 3 is 2.25 bits per heavy atom. The fraction of sp³-hybridized carbons (Fsp3) is 0.923. The quantitative estimate of drug-likeness (QED) is 0.763. The van der Waals surface area contributed by atoms with Gasteiger partial charge in [0.1, 0.15) is 0 Å². The van der Waals surface area contributed by atoms with Gasteiger partial charge in [-0.1, -0.05) is 12.8 Å². The third-order valence-corrected chi connectivity index (χ3v) is 6.20. The van der Waals surface area contributed by atoms with Gasteiger partial charge in [-0.05, 0) is 19.3 Å². The predicted molar refractivity (Wildman–Crippen MR) is 77.3 cm³/mol. The zero-order valence-corrected chi connectivity index (χ0v) is 13.2. The molecule has 0 atom stereocenters. The first-order valence-corrected chi connectivity index (χ1v) is 8.79. The molecule has 6 nitrogen and oxygen atoms in total. The van der Waals surface area contributed by atoms with Crippen LogP contribution in [0.1, 0.15) is 32.1 Å². The van der Waals surface area contributed by atoms with Crippen LogP contribution in [0.15, 0.2) is 0 Å². The lowest BCUT2D eigenvalue weighted by atomic mass is 10.1. The molecule has 1 aliphatic heterocycles. The lowest BCUT2D eigenvalue weighted by molar-refractivity contribution is -0.135.